The number of nitrogens with one attached hydrogen (secondary N) is 1. The molecule has 156 valence electrons. The number of aryl methyl sites for hydroxylation is 1. The Morgan fingerprint density at radius 3 is 2.66 bits per heavy atom. The van der Waals surface area contributed by atoms with Crippen LogP contribution in [0.4, 0.5) is 11.5 Å². The predicted molar refractivity (Wildman–Crippen MR) is 112 cm³/mol. The van der Waals surface area contributed by atoms with Crippen molar-refractivity contribution in [3.63, 3.8) is 0 Å². The summed E-state index contributed by atoms with van der Waals surface area (Å²) in [6, 6.07) is 10.9. The zero-order chi connectivity index (χ0) is 20.9. The Morgan fingerprint density at radius 2 is 1.97 bits per heavy atom. The van der Waals surface area contributed by atoms with Crippen LogP contribution in [0.2, 0.25) is 0 Å². The molecule has 0 atom stereocenters. The third-order valence-corrected chi connectivity index (χ3v) is 5.83. The molecule has 0 aliphatic carbocycles. The Kier molecular flexibility index (Phi) is 6.71. The third kappa shape index (κ3) is 5.68. The number of nitrogens with zero attached hydrogens (tertiary/aromatic N) is 3. The molecule has 1 saturated heterocycles. The Hall–Kier alpha value is -2.65. The summed E-state index contributed by atoms with van der Waals surface area (Å²) >= 11 is 0. The lowest BCUT2D eigenvalue weighted by Crippen LogP contribution is -2.40. The van der Waals surface area contributed by atoms with E-state index in [4.69, 9.17) is 4.74 Å². The molecule has 1 fully saturated rings. The van der Waals surface area contributed by atoms with Gasteiger partial charge in [-0.25, -0.2) is 13.4 Å². The summed E-state index contributed by atoms with van der Waals surface area (Å²) in [6.07, 6.45) is 2.81. The van der Waals surface area contributed by atoms with Crippen molar-refractivity contribution in [3.8, 4) is 0 Å². The predicted octanol–water partition coefficient (Wildman–Crippen LogP) is 1.31. The summed E-state index contributed by atoms with van der Waals surface area (Å²) in [4.78, 5) is 19.0. The molecule has 1 aliphatic rings. The van der Waals surface area contributed by atoms with Gasteiger partial charge in [-0.15, -0.1) is 0 Å². The first-order valence-corrected chi connectivity index (χ1v) is 11.3. The zero-order valence-corrected chi connectivity index (χ0v) is 17.5. The van der Waals surface area contributed by atoms with Gasteiger partial charge in [0.15, 0.2) is 0 Å². The van der Waals surface area contributed by atoms with Crippen molar-refractivity contribution in [2.45, 2.75) is 13.5 Å². The number of hydrogen-bond acceptors (Lipinski definition) is 6. The van der Waals surface area contributed by atoms with Gasteiger partial charge in [0.25, 0.3) is 0 Å². The van der Waals surface area contributed by atoms with Gasteiger partial charge in [0, 0.05) is 25.8 Å². The molecule has 1 aromatic heterocycles. The molecule has 29 heavy (non-hydrogen) atoms. The van der Waals surface area contributed by atoms with Crippen LogP contribution < -0.4 is 14.5 Å². The fourth-order valence-corrected chi connectivity index (χ4v) is 4.06. The maximum atomic E-state index is 12.5. The maximum absolute atomic E-state index is 12.5. The number of carbonyl (C=O) groups excluding carboxylic acids is 1. The fourth-order valence-electron chi connectivity index (χ4n) is 3.15. The van der Waals surface area contributed by atoms with E-state index in [1.54, 1.807) is 18.3 Å². The van der Waals surface area contributed by atoms with Crippen LogP contribution in [-0.4, -0.2) is 58.4 Å². The van der Waals surface area contributed by atoms with Crippen LogP contribution in [0, 0.1) is 6.92 Å². The van der Waals surface area contributed by atoms with Gasteiger partial charge in [0.05, 0.1) is 25.2 Å². The SMILES string of the molecule is Cc1ccccc1N(CC(=O)NCc1ccnc(N2CCOCC2)c1)S(C)(=O)=O. The van der Waals surface area contributed by atoms with E-state index in [9.17, 15) is 13.2 Å². The first-order valence-electron chi connectivity index (χ1n) is 9.42. The minimum absolute atomic E-state index is 0.273. The van der Waals surface area contributed by atoms with Crippen molar-refractivity contribution in [2.24, 2.45) is 0 Å². The van der Waals surface area contributed by atoms with Gasteiger partial charge in [-0.05, 0) is 36.2 Å². The summed E-state index contributed by atoms with van der Waals surface area (Å²) in [5.41, 5.74) is 2.19. The first-order chi connectivity index (χ1) is 13.8. The highest BCUT2D eigenvalue weighted by Crippen LogP contribution is 2.21. The number of benzene rings is 1. The van der Waals surface area contributed by atoms with Crippen molar-refractivity contribution in [1.29, 1.82) is 0 Å². The number of aromatic nitrogens is 1. The molecule has 9 heteroatoms. The highest BCUT2D eigenvalue weighted by atomic mass is 32.2. The largest absolute Gasteiger partial charge is 0.378 e. The van der Waals surface area contributed by atoms with E-state index < -0.39 is 10.0 Å². The van der Waals surface area contributed by atoms with Crippen LogP contribution in [0.1, 0.15) is 11.1 Å². The third-order valence-electron chi connectivity index (χ3n) is 4.71. The standard InChI is InChI=1S/C20H26N4O4S/c1-16-5-3-4-6-18(16)24(29(2,26)27)15-20(25)22-14-17-7-8-21-19(13-17)23-9-11-28-12-10-23/h3-8,13H,9-12,14-15H2,1-2H3,(H,22,25). The summed E-state index contributed by atoms with van der Waals surface area (Å²) < 4.78 is 31.0. The summed E-state index contributed by atoms with van der Waals surface area (Å²) in [5.74, 6) is 0.473. The number of rotatable bonds is 7. The van der Waals surface area contributed by atoms with Crippen LogP contribution in [0.25, 0.3) is 0 Å². The van der Waals surface area contributed by atoms with E-state index in [0.29, 0.717) is 25.4 Å². The number of sulfonamides is 1. The molecule has 3 rings (SSSR count). The molecule has 0 radical (unpaired) electrons. The van der Waals surface area contributed by atoms with E-state index in [1.807, 2.05) is 31.2 Å². The average molecular weight is 419 g/mol. The molecule has 0 spiro atoms. The molecule has 1 N–H and O–H groups in total. The molecular formula is C20H26N4O4S. The smallest absolute Gasteiger partial charge is 0.241 e. The second-order valence-corrected chi connectivity index (χ2v) is 8.86. The Balaban J connectivity index is 1.65. The number of morpholine rings is 1. The molecule has 8 nitrogen and oxygen atoms in total. The Morgan fingerprint density at radius 1 is 1.24 bits per heavy atom. The zero-order valence-electron chi connectivity index (χ0n) is 16.7. The molecule has 1 aromatic carbocycles. The second-order valence-electron chi connectivity index (χ2n) is 6.95. The van der Waals surface area contributed by atoms with Crippen LogP contribution in [-0.2, 0) is 26.1 Å². The topological polar surface area (TPSA) is 91.8 Å². The van der Waals surface area contributed by atoms with Gasteiger partial charge in [-0.3, -0.25) is 9.10 Å². The highest BCUT2D eigenvalue weighted by Gasteiger charge is 2.22. The van der Waals surface area contributed by atoms with Crippen molar-refractivity contribution < 1.29 is 17.9 Å². The number of para-hydroxylation sites is 1. The van der Waals surface area contributed by atoms with Gasteiger partial charge >= 0.3 is 0 Å². The molecule has 0 saturated carbocycles. The fraction of sp³-hybridized carbons (Fsp3) is 0.400. The second kappa shape index (κ2) is 9.23. The summed E-state index contributed by atoms with van der Waals surface area (Å²) in [5, 5.41) is 2.80. The van der Waals surface area contributed by atoms with Crippen molar-refractivity contribution in [3.05, 3.63) is 53.7 Å². The van der Waals surface area contributed by atoms with E-state index >= 15 is 0 Å². The molecule has 0 bridgehead atoms. The van der Waals surface area contributed by atoms with Crippen molar-refractivity contribution in [1.82, 2.24) is 10.3 Å². The summed E-state index contributed by atoms with van der Waals surface area (Å²) in [7, 11) is -3.60. The van der Waals surface area contributed by atoms with Crippen LogP contribution in [0.15, 0.2) is 42.6 Å². The lowest BCUT2D eigenvalue weighted by atomic mass is 10.2. The average Bonchev–Trinajstić information content (AvgIpc) is 2.71. The van der Waals surface area contributed by atoms with E-state index in [-0.39, 0.29) is 12.5 Å². The van der Waals surface area contributed by atoms with Gasteiger partial charge in [0.2, 0.25) is 15.9 Å². The number of ether oxygens (including phenoxy) is 1. The normalized spacial score (nSPS) is 14.5. The molecule has 2 heterocycles. The number of carbonyl (C=O) groups is 1. The molecule has 1 aliphatic heterocycles. The molecule has 0 unspecified atom stereocenters. The Labute approximate surface area is 171 Å². The van der Waals surface area contributed by atoms with Crippen LogP contribution >= 0.6 is 0 Å². The first kappa shape index (κ1) is 21.1. The lowest BCUT2D eigenvalue weighted by molar-refractivity contribution is -0.119. The van der Waals surface area contributed by atoms with Gasteiger partial charge in [-0.1, -0.05) is 18.2 Å². The Bertz CT molecular complexity index is 958. The molecular weight excluding hydrogens is 392 g/mol. The number of hydrogen-bond donors (Lipinski definition) is 1. The van der Waals surface area contributed by atoms with E-state index in [1.165, 1.54) is 0 Å². The van der Waals surface area contributed by atoms with Crippen molar-refractivity contribution in [2.75, 3.05) is 48.3 Å². The summed E-state index contributed by atoms with van der Waals surface area (Å²) in [6.45, 7) is 4.74. The molecule has 1 amide bonds. The quantitative estimate of drug-likeness (QED) is 0.729. The van der Waals surface area contributed by atoms with Gasteiger partial charge in [-0.2, -0.15) is 0 Å². The minimum atomic E-state index is -3.60. The minimum Gasteiger partial charge on any atom is -0.378 e. The van der Waals surface area contributed by atoms with Gasteiger partial charge in [0.1, 0.15) is 12.4 Å². The molecule has 2 aromatic rings. The number of anilines is 2. The van der Waals surface area contributed by atoms with Gasteiger partial charge < -0.3 is 15.0 Å². The van der Waals surface area contributed by atoms with Crippen LogP contribution in [0.3, 0.4) is 0 Å². The number of amides is 1. The lowest BCUT2D eigenvalue weighted by Gasteiger charge is -2.28. The highest BCUT2D eigenvalue weighted by molar-refractivity contribution is 7.92. The van der Waals surface area contributed by atoms with Crippen molar-refractivity contribution >= 4 is 27.4 Å². The van der Waals surface area contributed by atoms with Crippen LogP contribution in [0.5, 0.6) is 0 Å². The number of pyridine rings is 1. The van der Waals surface area contributed by atoms with E-state index in [2.05, 4.69) is 15.2 Å². The maximum Gasteiger partial charge on any atom is 0.241 e. The monoisotopic (exact) mass is 418 g/mol. The van der Waals surface area contributed by atoms with E-state index in [0.717, 1.165) is 40.6 Å².